The van der Waals surface area contributed by atoms with Gasteiger partial charge in [-0.2, -0.15) is 0 Å². The third-order valence-electron chi connectivity index (χ3n) is 3.70. The quantitative estimate of drug-likeness (QED) is 0.595. The number of nitrogens with one attached hydrogen (secondary N) is 2. The molecule has 0 spiro atoms. The molecule has 1 aromatic carbocycles. The number of carbonyl (C=O) groups is 3. The average Bonchev–Trinajstić information content (AvgIpc) is 2.56. The Kier molecular flexibility index (Phi) is 5.76. The van der Waals surface area contributed by atoms with Gasteiger partial charge in [-0.25, -0.2) is 13.1 Å². The lowest BCUT2D eigenvalue weighted by Gasteiger charge is -2.39. The number of aliphatic carboxylic acids is 1. The van der Waals surface area contributed by atoms with Crippen LogP contribution in [0.25, 0.3) is 0 Å². The van der Waals surface area contributed by atoms with E-state index in [-0.39, 0.29) is 17.3 Å². The lowest BCUT2D eigenvalue weighted by atomic mass is 10.1. The van der Waals surface area contributed by atoms with Crippen LogP contribution in [0.4, 0.5) is 5.69 Å². The first-order chi connectivity index (χ1) is 12.4. The van der Waals surface area contributed by atoms with Gasteiger partial charge in [-0.3, -0.25) is 14.4 Å². The Morgan fingerprint density at radius 2 is 1.93 bits per heavy atom. The number of carboxylic acids is 1. The van der Waals surface area contributed by atoms with E-state index in [9.17, 15) is 22.8 Å². The fourth-order valence-electron chi connectivity index (χ4n) is 2.52. The van der Waals surface area contributed by atoms with Gasteiger partial charge in [0, 0.05) is 6.92 Å². The maximum absolute atomic E-state index is 12.4. The summed E-state index contributed by atoms with van der Waals surface area (Å²) in [5, 5.41) is 10.5. The third-order valence-corrected chi connectivity index (χ3v) is 5.10. The molecule has 2 rings (SSSR count). The smallest absolute Gasteiger partial charge is 0.322 e. The monoisotopic (exact) mass is 399 g/mol. The van der Waals surface area contributed by atoms with Gasteiger partial charge in [0.15, 0.2) is 0 Å². The molecule has 27 heavy (non-hydrogen) atoms. The van der Waals surface area contributed by atoms with Gasteiger partial charge in [-0.1, -0.05) is 0 Å². The predicted octanol–water partition coefficient (Wildman–Crippen LogP) is -0.310. The van der Waals surface area contributed by atoms with Crippen LogP contribution in [0.3, 0.4) is 0 Å². The molecule has 0 saturated carbocycles. The topological polar surface area (TPSA) is 142 Å². The number of hydrogen-bond acceptors (Lipinski definition) is 6. The highest BCUT2D eigenvalue weighted by Gasteiger charge is 2.34. The van der Waals surface area contributed by atoms with Crippen LogP contribution in [-0.4, -0.2) is 56.5 Å². The average molecular weight is 399 g/mol. The van der Waals surface area contributed by atoms with Crippen LogP contribution in [0.15, 0.2) is 23.1 Å². The molecule has 0 bridgehead atoms. The van der Waals surface area contributed by atoms with Crippen LogP contribution in [0.5, 0.6) is 5.75 Å². The molecular formula is C16H21N3O7S. The van der Waals surface area contributed by atoms with E-state index in [0.29, 0.717) is 11.4 Å². The molecule has 0 saturated heterocycles. The number of hydrogen-bond donors (Lipinski definition) is 3. The molecule has 2 amide bonds. The second-order valence-corrected chi connectivity index (χ2v) is 8.36. The van der Waals surface area contributed by atoms with Crippen LogP contribution in [0.2, 0.25) is 0 Å². The van der Waals surface area contributed by atoms with E-state index in [1.807, 2.05) is 19.2 Å². The highest BCUT2D eigenvalue weighted by Crippen LogP contribution is 2.38. The minimum absolute atomic E-state index is 0.151. The van der Waals surface area contributed by atoms with Crippen molar-refractivity contribution < 1.29 is 32.6 Å². The summed E-state index contributed by atoms with van der Waals surface area (Å²) in [5.41, 5.74) is -0.306. The Morgan fingerprint density at radius 1 is 1.26 bits per heavy atom. The third kappa shape index (κ3) is 5.17. The molecule has 0 atom stereocenters. The molecule has 0 aliphatic carbocycles. The summed E-state index contributed by atoms with van der Waals surface area (Å²) in [4.78, 5) is 35.1. The predicted molar refractivity (Wildman–Crippen MR) is 95.0 cm³/mol. The molecule has 1 aromatic rings. The Balaban J connectivity index is 2.22. The van der Waals surface area contributed by atoms with Crippen LogP contribution in [0, 0.1) is 0 Å². The Morgan fingerprint density at radius 3 is 2.52 bits per heavy atom. The second kappa shape index (κ2) is 7.53. The standard InChI is InChI=1S/C16H21N3O7S/c1-10(20)19-9-16(2,3)26-13-5-4-11(6-12(13)19)27(24,25)18-7-14(21)17-8-15(22)23/h4-6,18H,7-9H2,1-3H3,(H,17,21)(H,22,23). The highest BCUT2D eigenvalue weighted by molar-refractivity contribution is 7.89. The van der Waals surface area contributed by atoms with E-state index < -0.39 is 40.6 Å². The molecule has 1 heterocycles. The minimum atomic E-state index is -4.06. The van der Waals surface area contributed by atoms with Gasteiger partial charge >= 0.3 is 5.97 Å². The summed E-state index contributed by atoms with van der Waals surface area (Å²) >= 11 is 0. The molecule has 148 valence electrons. The summed E-state index contributed by atoms with van der Waals surface area (Å²) in [5.74, 6) is -1.91. The van der Waals surface area contributed by atoms with Crippen molar-refractivity contribution >= 4 is 33.5 Å². The van der Waals surface area contributed by atoms with Crippen molar-refractivity contribution in [1.82, 2.24) is 10.0 Å². The number of benzene rings is 1. The van der Waals surface area contributed by atoms with Gasteiger partial charge in [-0.15, -0.1) is 0 Å². The van der Waals surface area contributed by atoms with Gasteiger partial charge in [0.05, 0.1) is 23.7 Å². The number of carboxylic acid groups (broad SMARTS) is 1. The molecule has 0 fully saturated rings. The van der Waals surface area contributed by atoms with E-state index >= 15 is 0 Å². The Hall–Kier alpha value is -2.66. The summed E-state index contributed by atoms with van der Waals surface area (Å²) in [6, 6.07) is 4.05. The lowest BCUT2D eigenvalue weighted by Crippen LogP contribution is -2.48. The van der Waals surface area contributed by atoms with Crippen molar-refractivity contribution in [3.63, 3.8) is 0 Å². The highest BCUT2D eigenvalue weighted by atomic mass is 32.2. The number of rotatable bonds is 6. The number of nitrogens with zero attached hydrogens (tertiary/aromatic N) is 1. The van der Waals surface area contributed by atoms with E-state index in [1.165, 1.54) is 30.0 Å². The van der Waals surface area contributed by atoms with Crippen LogP contribution in [-0.2, 0) is 24.4 Å². The summed E-state index contributed by atoms with van der Waals surface area (Å²) in [6.45, 7) is 4.02. The molecule has 0 aromatic heterocycles. The van der Waals surface area contributed by atoms with Crippen LogP contribution in [0.1, 0.15) is 20.8 Å². The van der Waals surface area contributed by atoms with Crippen molar-refractivity contribution in [3.8, 4) is 5.75 Å². The van der Waals surface area contributed by atoms with E-state index in [2.05, 4.69) is 4.72 Å². The first-order valence-corrected chi connectivity index (χ1v) is 9.49. The van der Waals surface area contributed by atoms with Crippen LogP contribution < -0.4 is 19.7 Å². The number of anilines is 1. The second-order valence-electron chi connectivity index (χ2n) is 6.59. The molecule has 1 aliphatic heterocycles. The summed E-state index contributed by atoms with van der Waals surface area (Å²) in [7, 11) is -4.06. The van der Waals surface area contributed by atoms with E-state index in [0.717, 1.165) is 0 Å². The van der Waals surface area contributed by atoms with Crippen molar-refractivity contribution in [3.05, 3.63) is 18.2 Å². The Labute approximate surface area is 156 Å². The molecule has 0 unspecified atom stereocenters. The van der Waals surface area contributed by atoms with Crippen molar-refractivity contribution in [2.75, 3.05) is 24.5 Å². The minimum Gasteiger partial charge on any atom is -0.484 e. The summed E-state index contributed by atoms with van der Waals surface area (Å²) in [6.07, 6.45) is 0. The first-order valence-electron chi connectivity index (χ1n) is 8.01. The number of ether oxygens (including phenoxy) is 1. The van der Waals surface area contributed by atoms with Crippen LogP contribution >= 0.6 is 0 Å². The number of amides is 2. The molecule has 11 heteroatoms. The Bertz CT molecular complexity index is 880. The van der Waals surface area contributed by atoms with Gasteiger partial charge in [0.25, 0.3) is 0 Å². The molecule has 10 nitrogen and oxygen atoms in total. The van der Waals surface area contributed by atoms with E-state index in [4.69, 9.17) is 9.84 Å². The summed E-state index contributed by atoms with van der Waals surface area (Å²) < 4.78 is 32.7. The maximum Gasteiger partial charge on any atom is 0.322 e. The van der Waals surface area contributed by atoms with Gasteiger partial charge in [-0.05, 0) is 32.0 Å². The molecule has 0 radical (unpaired) electrons. The van der Waals surface area contributed by atoms with Gasteiger partial charge < -0.3 is 20.1 Å². The number of fused-ring (bicyclic) bond motifs is 1. The first kappa shape index (κ1) is 20.6. The maximum atomic E-state index is 12.4. The molecule has 1 aliphatic rings. The lowest BCUT2D eigenvalue weighted by molar-refractivity contribution is -0.137. The van der Waals surface area contributed by atoms with Gasteiger partial charge in [0.2, 0.25) is 21.8 Å². The van der Waals surface area contributed by atoms with Crippen molar-refractivity contribution in [2.45, 2.75) is 31.3 Å². The zero-order chi connectivity index (χ0) is 20.4. The fraction of sp³-hybridized carbons (Fsp3) is 0.438. The largest absolute Gasteiger partial charge is 0.484 e. The SMILES string of the molecule is CC(=O)N1CC(C)(C)Oc2ccc(S(=O)(=O)NCC(=O)NCC(=O)O)cc21. The zero-order valence-electron chi connectivity index (χ0n) is 15.1. The zero-order valence-corrected chi connectivity index (χ0v) is 15.9. The normalized spacial score (nSPS) is 15.4. The van der Waals surface area contributed by atoms with Crippen molar-refractivity contribution in [1.29, 1.82) is 0 Å². The number of sulfonamides is 1. The van der Waals surface area contributed by atoms with Crippen molar-refractivity contribution in [2.24, 2.45) is 0 Å². The number of carbonyl (C=O) groups excluding carboxylic acids is 2. The fourth-order valence-corrected chi connectivity index (χ4v) is 3.52. The van der Waals surface area contributed by atoms with E-state index in [1.54, 1.807) is 0 Å². The molecular weight excluding hydrogens is 378 g/mol. The molecule has 3 N–H and O–H groups in total. The van der Waals surface area contributed by atoms with Gasteiger partial charge in [0.1, 0.15) is 17.9 Å².